The van der Waals surface area contributed by atoms with E-state index < -0.39 is 0 Å². The molecule has 0 radical (unpaired) electrons. The molecule has 3 rings (SSSR count). The summed E-state index contributed by atoms with van der Waals surface area (Å²) in [5.41, 5.74) is 5.54. The van der Waals surface area contributed by atoms with Crippen molar-refractivity contribution in [3.63, 3.8) is 0 Å². The van der Waals surface area contributed by atoms with Crippen LogP contribution in [0.25, 0.3) is 0 Å². The number of nitrogens with zero attached hydrogens (tertiary/aromatic N) is 3. The topological polar surface area (TPSA) is 74.7 Å². The molecule has 0 fully saturated rings. The number of carbonyl (C=O) groups excluding carboxylic acids is 2. The zero-order valence-electron chi connectivity index (χ0n) is 17.4. The molecular formula is C23H24N4O2S. The first-order valence-corrected chi connectivity index (χ1v) is 10.4. The van der Waals surface area contributed by atoms with Gasteiger partial charge in [0.15, 0.2) is 5.13 Å². The summed E-state index contributed by atoms with van der Waals surface area (Å²) in [5.74, 6) is -0.428. The molecule has 1 heterocycles. The van der Waals surface area contributed by atoms with E-state index in [1.54, 1.807) is 17.5 Å². The molecule has 0 bridgehead atoms. The third kappa shape index (κ3) is 5.18. The standard InChI is InChI=1S/C23H24N4O2S/c1-16(28)27(20-8-6-5-7-9-20)22-25-19(15-30-22)14-24-26-21(29)17-10-12-18(13-11-17)23(2,3)4/h5-15H,1-4H3,(H,26,29)/b24-14-. The van der Waals surface area contributed by atoms with E-state index in [1.807, 2.05) is 42.5 Å². The van der Waals surface area contributed by atoms with Crippen LogP contribution in [0.3, 0.4) is 0 Å². The van der Waals surface area contributed by atoms with Gasteiger partial charge in [-0.25, -0.2) is 10.4 Å². The Bertz CT molecular complexity index is 1050. The van der Waals surface area contributed by atoms with Crippen LogP contribution in [0.2, 0.25) is 0 Å². The normalized spacial score (nSPS) is 11.5. The lowest BCUT2D eigenvalue weighted by Crippen LogP contribution is -2.22. The quantitative estimate of drug-likeness (QED) is 0.472. The van der Waals surface area contributed by atoms with E-state index >= 15 is 0 Å². The van der Waals surface area contributed by atoms with E-state index in [9.17, 15) is 9.59 Å². The van der Waals surface area contributed by atoms with Crippen LogP contribution in [0.4, 0.5) is 10.8 Å². The predicted molar refractivity (Wildman–Crippen MR) is 122 cm³/mol. The van der Waals surface area contributed by atoms with E-state index in [0.717, 1.165) is 11.3 Å². The summed E-state index contributed by atoms with van der Waals surface area (Å²) < 4.78 is 0. The van der Waals surface area contributed by atoms with Gasteiger partial charge in [0.25, 0.3) is 5.91 Å². The molecule has 0 atom stereocenters. The first-order valence-electron chi connectivity index (χ1n) is 9.51. The van der Waals surface area contributed by atoms with Gasteiger partial charge >= 0.3 is 0 Å². The molecule has 3 aromatic rings. The Kier molecular flexibility index (Phi) is 6.42. The Hall–Kier alpha value is -3.32. The predicted octanol–water partition coefficient (Wildman–Crippen LogP) is 4.89. The number of para-hydroxylation sites is 1. The maximum Gasteiger partial charge on any atom is 0.271 e. The fourth-order valence-corrected chi connectivity index (χ4v) is 3.62. The number of thiazole rings is 1. The molecule has 0 spiro atoms. The fourth-order valence-electron chi connectivity index (χ4n) is 2.79. The van der Waals surface area contributed by atoms with Crippen LogP contribution in [0, 0.1) is 0 Å². The Morgan fingerprint density at radius 2 is 1.73 bits per heavy atom. The minimum atomic E-state index is -0.295. The van der Waals surface area contributed by atoms with Crippen molar-refractivity contribution < 1.29 is 9.59 Å². The largest absolute Gasteiger partial charge is 0.274 e. The number of hydrazone groups is 1. The van der Waals surface area contributed by atoms with Crippen LogP contribution in [0.1, 0.15) is 49.3 Å². The number of benzene rings is 2. The number of amides is 2. The van der Waals surface area contributed by atoms with Crippen LogP contribution in [0.5, 0.6) is 0 Å². The van der Waals surface area contributed by atoms with E-state index in [4.69, 9.17) is 0 Å². The molecule has 1 N–H and O–H groups in total. The smallest absolute Gasteiger partial charge is 0.271 e. The minimum absolute atomic E-state index is 0.0307. The number of rotatable bonds is 5. The van der Waals surface area contributed by atoms with Gasteiger partial charge in [-0.2, -0.15) is 5.10 Å². The summed E-state index contributed by atoms with van der Waals surface area (Å²) >= 11 is 1.33. The lowest BCUT2D eigenvalue weighted by molar-refractivity contribution is -0.115. The third-order valence-corrected chi connectivity index (χ3v) is 5.25. The maximum absolute atomic E-state index is 12.3. The molecule has 6 nitrogen and oxygen atoms in total. The van der Waals surface area contributed by atoms with Crippen LogP contribution < -0.4 is 10.3 Å². The van der Waals surface area contributed by atoms with Gasteiger partial charge in [-0.1, -0.05) is 51.1 Å². The summed E-state index contributed by atoms with van der Waals surface area (Å²) in [6, 6.07) is 16.8. The van der Waals surface area contributed by atoms with Crippen molar-refractivity contribution in [3.05, 3.63) is 76.8 Å². The van der Waals surface area contributed by atoms with Gasteiger partial charge in [-0.15, -0.1) is 11.3 Å². The lowest BCUT2D eigenvalue weighted by atomic mass is 9.87. The van der Waals surface area contributed by atoms with Gasteiger partial charge in [0.2, 0.25) is 5.91 Å². The van der Waals surface area contributed by atoms with Crippen molar-refractivity contribution in [1.82, 2.24) is 10.4 Å². The lowest BCUT2D eigenvalue weighted by Gasteiger charge is -2.18. The number of anilines is 2. The van der Waals surface area contributed by atoms with Gasteiger partial charge in [0.05, 0.1) is 17.6 Å². The summed E-state index contributed by atoms with van der Waals surface area (Å²) in [5, 5.41) is 6.32. The van der Waals surface area contributed by atoms with Crippen LogP contribution >= 0.6 is 11.3 Å². The number of hydrogen-bond donors (Lipinski definition) is 1. The van der Waals surface area contributed by atoms with Crippen molar-refractivity contribution in [2.75, 3.05) is 4.90 Å². The van der Waals surface area contributed by atoms with Gasteiger partial charge < -0.3 is 0 Å². The fraction of sp³-hybridized carbons (Fsp3) is 0.217. The highest BCUT2D eigenvalue weighted by molar-refractivity contribution is 7.14. The second-order valence-corrected chi connectivity index (χ2v) is 8.61. The number of carbonyl (C=O) groups is 2. The van der Waals surface area contributed by atoms with Crippen LogP contribution in [-0.2, 0) is 10.2 Å². The summed E-state index contributed by atoms with van der Waals surface area (Å²) in [6.45, 7) is 7.87. The van der Waals surface area contributed by atoms with Gasteiger partial charge in [0.1, 0.15) is 0 Å². The monoisotopic (exact) mass is 420 g/mol. The number of nitrogens with one attached hydrogen (secondary N) is 1. The van der Waals surface area contributed by atoms with Crippen LogP contribution in [-0.4, -0.2) is 23.0 Å². The highest BCUT2D eigenvalue weighted by atomic mass is 32.1. The first-order chi connectivity index (χ1) is 14.3. The second kappa shape index (κ2) is 9.00. The molecule has 2 aromatic carbocycles. The van der Waals surface area contributed by atoms with Crippen molar-refractivity contribution in [3.8, 4) is 0 Å². The van der Waals surface area contributed by atoms with Crippen LogP contribution in [0.15, 0.2) is 65.1 Å². The third-order valence-electron chi connectivity index (χ3n) is 4.41. The van der Waals surface area contributed by atoms with Crippen molar-refractivity contribution in [2.45, 2.75) is 33.1 Å². The molecule has 0 saturated carbocycles. The number of aromatic nitrogens is 1. The Balaban J connectivity index is 1.67. The Labute approximate surface area is 180 Å². The summed E-state index contributed by atoms with van der Waals surface area (Å²) in [4.78, 5) is 30.4. The molecule has 7 heteroatoms. The molecule has 2 amide bonds. The van der Waals surface area contributed by atoms with Crippen molar-refractivity contribution in [1.29, 1.82) is 0 Å². The average Bonchev–Trinajstić information content (AvgIpc) is 3.16. The summed E-state index contributed by atoms with van der Waals surface area (Å²) in [7, 11) is 0. The second-order valence-electron chi connectivity index (χ2n) is 7.77. The van der Waals surface area contributed by atoms with E-state index in [0.29, 0.717) is 16.4 Å². The number of hydrogen-bond acceptors (Lipinski definition) is 5. The highest BCUT2D eigenvalue weighted by Gasteiger charge is 2.17. The molecule has 0 saturated heterocycles. The molecule has 0 aliphatic rings. The average molecular weight is 421 g/mol. The summed E-state index contributed by atoms with van der Waals surface area (Å²) in [6.07, 6.45) is 1.46. The van der Waals surface area contributed by atoms with Gasteiger partial charge in [-0.3, -0.25) is 14.5 Å². The first kappa shape index (κ1) is 21.4. The minimum Gasteiger partial charge on any atom is -0.274 e. The zero-order chi connectivity index (χ0) is 21.7. The molecule has 0 aliphatic heterocycles. The molecule has 1 aromatic heterocycles. The van der Waals surface area contributed by atoms with E-state index in [-0.39, 0.29) is 17.2 Å². The van der Waals surface area contributed by atoms with E-state index in [1.165, 1.54) is 29.4 Å². The molecule has 0 unspecified atom stereocenters. The van der Waals surface area contributed by atoms with E-state index in [2.05, 4.69) is 36.3 Å². The SMILES string of the molecule is CC(=O)N(c1ccccc1)c1nc(/C=N\NC(=O)c2ccc(C(C)(C)C)cc2)cs1. The molecule has 154 valence electrons. The van der Waals surface area contributed by atoms with Gasteiger partial charge in [-0.05, 0) is 35.2 Å². The van der Waals surface area contributed by atoms with Crippen molar-refractivity contribution in [2.24, 2.45) is 5.10 Å². The Morgan fingerprint density at radius 1 is 1.07 bits per heavy atom. The van der Waals surface area contributed by atoms with Gasteiger partial charge in [0, 0.05) is 17.9 Å². The molecular weight excluding hydrogens is 396 g/mol. The Morgan fingerprint density at radius 3 is 2.33 bits per heavy atom. The zero-order valence-corrected chi connectivity index (χ0v) is 18.2. The maximum atomic E-state index is 12.3. The highest BCUT2D eigenvalue weighted by Crippen LogP contribution is 2.28. The molecule has 30 heavy (non-hydrogen) atoms. The van der Waals surface area contributed by atoms with Crippen molar-refractivity contribution >= 4 is 40.2 Å². The molecule has 0 aliphatic carbocycles.